The van der Waals surface area contributed by atoms with Crippen LogP contribution in [0.5, 0.6) is 0 Å². The molecule has 29 heavy (non-hydrogen) atoms. The molecule has 2 amide bonds. The first kappa shape index (κ1) is 19.4. The Morgan fingerprint density at radius 3 is 2.55 bits per heavy atom. The second-order valence-corrected chi connectivity index (χ2v) is 7.65. The smallest absolute Gasteiger partial charge is 0.324 e. The third kappa shape index (κ3) is 3.82. The number of hydrogen-bond donors (Lipinski definition) is 0. The minimum atomic E-state index is -4.67. The number of carbonyl (C=O) groups excluding carboxylic acids is 2. The zero-order valence-electron chi connectivity index (χ0n) is 15.1. The van der Waals surface area contributed by atoms with E-state index in [0.717, 1.165) is 16.8 Å². The molecule has 4 rings (SSSR count). The van der Waals surface area contributed by atoms with Gasteiger partial charge in [-0.05, 0) is 30.7 Å². The fourth-order valence-electron chi connectivity index (χ4n) is 3.27. The van der Waals surface area contributed by atoms with Crippen LogP contribution < -0.4 is 4.90 Å². The fourth-order valence-corrected chi connectivity index (χ4v) is 4.23. The van der Waals surface area contributed by atoms with E-state index in [1.54, 1.807) is 12.1 Å². The van der Waals surface area contributed by atoms with E-state index in [0.29, 0.717) is 24.9 Å². The second-order valence-electron chi connectivity index (χ2n) is 6.64. The molecule has 0 saturated carbocycles. The van der Waals surface area contributed by atoms with Crippen molar-refractivity contribution in [3.8, 4) is 0 Å². The fraction of sp³-hybridized carbons (Fsp3) is 0.250. The van der Waals surface area contributed by atoms with Gasteiger partial charge in [0.1, 0.15) is 6.67 Å². The monoisotopic (exact) mass is 419 g/mol. The van der Waals surface area contributed by atoms with Crippen LogP contribution in [-0.2, 0) is 11.0 Å². The molecule has 5 nitrogen and oxygen atoms in total. The predicted molar refractivity (Wildman–Crippen MR) is 104 cm³/mol. The number of hydrogen-bond acceptors (Lipinski definition) is 4. The summed E-state index contributed by atoms with van der Waals surface area (Å²) in [5.41, 5.74) is -0.836. The highest BCUT2D eigenvalue weighted by molar-refractivity contribution is 7.22. The van der Waals surface area contributed by atoms with Crippen molar-refractivity contribution in [1.82, 2.24) is 9.88 Å². The number of anilines is 1. The summed E-state index contributed by atoms with van der Waals surface area (Å²) >= 11 is 1.20. The predicted octanol–water partition coefficient (Wildman–Crippen LogP) is 4.54. The van der Waals surface area contributed by atoms with E-state index in [1.807, 2.05) is 12.1 Å². The summed E-state index contributed by atoms with van der Waals surface area (Å²) in [5.74, 6) is -0.968. The van der Waals surface area contributed by atoms with Crippen LogP contribution in [0.15, 0.2) is 48.5 Å². The SMILES string of the molecule is O=C1CCCN1CN(C(=O)c1ccccc1C(F)(F)F)c1nc2ccccc2s1. The number of para-hydroxylation sites is 1. The molecule has 1 fully saturated rings. The summed E-state index contributed by atoms with van der Waals surface area (Å²) in [7, 11) is 0. The molecule has 0 aliphatic carbocycles. The average molecular weight is 419 g/mol. The maximum Gasteiger partial charge on any atom is 0.417 e. The van der Waals surface area contributed by atoms with Crippen molar-refractivity contribution in [3.05, 3.63) is 59.7 Å². The Kier molecular flexibility index (Phi) is 4.99. The van der Waals surface area contributed by atoms with Crippen LogP contribution in [0.25, 0.3) is 10.2 Å². The second kappa shape index (κ2) is 7.47. The standard InChI is InChI=1S/C20H16F3N3O2S/c21-20(22,23)14-7-2-1-6-13(14)18(28)26(12-25-11-5-10-17(25)27)19-24-15-8-3-4-9-16(15)29-19/h1-4,6-9H,5,10-12H2. The quantitative estimate of drug-likeness (QED) is 0.624. The van der Waals surface area contributed by atoms with Crippen molar-refractivity contribution in [2.45, 2.75) is 19.0 Å². The minimum absolute atomic E-state index is 0.131. The third-order valence-corrected chi connectivity index (χ3v) is 5.76. The molecule has 0 unspecified atom stereocenters. The van der Waals surface area contributed by atoms with Crippen LogP contribution in [0.1, 0.15) is 28.8 Å². The number of nitrogens with zero attached hydrogens (tertiary/aromatic N) is 3. The number of amides is 2. The molecule has 0 bridgehead atoms. The molecule has 1 aliphatic rings. The van der Waals surface area contributed by atoms with Crippen molar-refractivity contribution in [3.63, 3.8) is 0 Å². The Balaban J connectivity index is 1.78. The maximum atomic E-state index is 13.5. The van der Waals surface area contributed by atoms with E-state index in [9.17, 15) is 22.8 Å². The molecule has 2 heterocycles. The van der Waals surface area contributed by atoms with Crippen LogP contribution >= 0.6 is 11.3 Å². The van der Waals surface area contributed by atoms with Gasteiger partial charge in [-0.1, -0.05) is 35.6 Å². The zero-order valence-corrected chi connectivity index (χ0v) is 16.0. The lowest BCUT2D eigenvalue weighted by atomic mass is 10.1. The molecule has 0 N–H and O–H groups in total. The van der Waals surface area contributed by atoms with Crippen LogP contribution in [-0.4, -0.2) is 34.9 Å². The van der Waals surface area contributed by atoms with Crippen molar-refractivity contribution in [2.24, 2.45) is 0 Å². The first-order valence-electron chi connectivity index (χ1n) is 8.96. The number of halogens is 3. The van der Waals surface area contributed by atoms with E-state index in [4.69, 9.17) is 0 Å². The molecule has 1 saturated heterocycles. The topological polar surface area (TPSA) is 53.5 Å². The van der Waals surface area contributed by atoms with Gasteiger partial charge in [-0.3, -0.25) is 14.5 Å². The van der Waals surface area contributed by atoms with Crippen molar-refractivity contribution in [1.29, 1.82) is 0 Å². The minimum Gasteiger partial charge on any atom is -0.324 e. The number of aromatic nitrogens is 1. The number of alkyl halides is 3. The number of fused-ring (bicyclic) bond motifs is 1. The molecule has 0 atom stereocenters. The molecule has 0 radical (unpaired) electrons. The van der Waals surface area contributed by atoms with Crippen molar-refractivity contribution < 1.29 is 22.8 Å². The van der Waals surface area contributed by atoms with Crippen LogP contribution in [0.4, 0.5) is 18.3 Å². The van der Waals surface area contributed by atoms with Gasteiger partial charge in [0.05, 0.1) is 21.3 Å². The normalized spacial score (nSPS) is 14.6. The molecule has 1 aromatic heterocycles. The van der Waals surface area contributed by atoms with Crippen LogP contribution in [0.3, 0.4) is 0 Å². The molecule has 1 aliphatic heterocycles. The zero-order chi connectivity index (χ0) is 20.6. The lowest BCUT2D eigenvalue weighted by Crippen LogP contribution is -2.42. The van der Waals surface area contributed by atoms with E-state index >= 15 is 0 Å². The van der Waals surface area contributed by atoms with Gasteiger partial charge < -0.3 is 4.90 Å². The molecule has 3 aromatic rings. The van der Waals surface area contributed by atoms with Gasteiger partial charge in [0.25, 0.3) is 5.91 Å². The van der Waals surface area contributed by atoms with E-state index < -0.39 is 23.2 Å². The highest BCUT2D eigenvalue weighted by atomic mass is 32.1. The van der Waals surface area contributed by atoms with E-state index in [2.05, 4.69) is 4.98 Å². The van der Waals surface area contributed by atoms with E-state index in [-0.39, 0.29) is 17.7 Å². The Bertz CT molecular complexity index is 1050. The number of thiazole rings is 1. The Morgan fingerprint density at radius 2 is 1.86 bits per heavy atom. The van der Waals surface area contributed by atoms with Gasteiger partial charge in [0.15, 0.2) is 5.13 Å². The van der Waals surface area contributed by atoms with Crippen molar-refractivity contribution in [2.75, 3.05) is 18.1 Å². The summed E-state index contributed by atoms with van der Waals surface area (Å²) in [5, 5.41) is 0.257. The first-order valence-corrected chi connectivity index (χ1v) is 9.77. The number of benzene rings is 2. The summed E-state index contributed by atoms with van der Waals surface area (Å²) in [6, 6.07) is 11.9. The molecule has 2 aromatic carbocycles. The summed E-state index contributed by atoms with van der Waals surface area (Å²) in [4.78, 5) is 32.4. The van der Waals surface area contributed by atoms with Gasteiger partial charge in [-0.2, -0.15) is 13.2 Å². The first-order chi connectivity index (χ1) is 13.8. The molecular weight excluding hydrogens is 403 g/mol. The van der Waals surface area contributed by atoms with Crippen LogP contribution in [0, 0.1) is 0 Å². The molecule has 9 heteroatoms. The maximum absolute atomic E-state index is 13.5. The lowest BCUT2D eigenvalue weighted by Gasteiger charge is -2.26. The Hall–Kier alpha value is -2.94. The number of likely N-dealkylation sites (tertiary alicyclic amines) is 1. The lowest BCUT2D eigenvalue weighted by molar-refractivity contribution is -0.138. The van der Waals surface area contributed by atoms with Crippen LogP contribution in [0.2, 0.25) is 0 Å². The highest BCUT2D eigenvalue weighted by Crippen LogP contribution is 2.35. The summed E-state index contributed by atoms with van der Waals surface area (Å²) in [6.07, 6.45) is -3.66. The Morgan fingerprint density at radius 1 is 1.14 bits per heavy atom. The largest absolute Gasteiger partial charge is 0.417 e. The molecular formula is C20H16F3N3O2S. The molecule has 150 valence electrons. The molecule has 0 spiro atoms. The van der Waals surface area contributed by atoms with Gasteiger partial charge in [-0.25, -0.2) is 4.98 Å². The van der Waals surface area contributed by atoms with E-state index in [1.165, 1.54) is 33.3 Å². The van der Waals surface area contributed by atoms with Gasteiger partial charge in [0, 0.05) is 13.0 Å². The highest BCUT2D eigenvalue weighted by Gasteiger charge is 2.37. The third-order valence-electron chi connectivity index (χ3n) is 4.71. The number of carbonyl (C=O) groups is 2. The summed E-state index contributed by atoms with van der Waals surface area (Å²) in [6.45, 7) is 0.318. The van der Waals surface area contributed by atoms with Crippen molar-refractivity contribution >= 4 is 38.5 Å². The Labute approximate surface area is 168 Å². The summed E-state index contributed by atoms with van der Waals surface area (Å²) < 4.78 is 41.2. The van der Waals surface area contributed by atoms with Gasteiger partial charge in [0.2, 0.25) is 5.91 Å². The van der Waals surface area contributed by atoms with Gasteiger partial charge >= 0.3 is 6.18 Å². The van der Waals surface area contributed by atoms with Gasteiger partial charge in [-0.15, -0.1) is 0 Å². The number of rotatable bonds is 4. The average Bonchev–Trinajstić information content (AvgIpc) is 3.30.